The van der Waals surface area contributed by atoms with Crippen molar-refractivity contribution in [3.8, 4) is 0 Å². The number of amides is 1. The zero-order chi connectivity index (χ0) is 15.4. The standard InChI is InChI=1S/C13H19N5O3/c1-14-11-4-3-10(18(20)21)12(16-11)17-7-5-9(6-8-17)13(19)15-2/h3-4,9H,5-8H2,1-2H3,(H,14,16)(H,15,19). The number of piperidine rings is 1. The van der Waals surface area contributed by atoms with Crippen molar-refractivity contribution in [3.63, 3.8) is 0 Å². The monoisotopic (exact) mass is 293 g/mol. The van der Waals surface area contributed by atoms with Crippen molar-refractivity contribution in [1.29, 1.82) is 0 Å². The fourth-order valence-corrected chi connectivity index (χ4v) is 2.51. The number of nitrogens with zero attached hydrogens (tertiary/aromatic N) is 3. The molecule has 0 radical (unpaired) electrons. The molecule has 8 heteroatoms. The topological polar surface area (TPSA) is 100 Å². The van der Waals surface area contributed by atoms with Crippen LogP contribution in [0.4, 0.5) is 17.3 Å². The lowest BCUT2D eigenvalue weighted by atomic mass is 9.96. The fourth-order valence-electron chi connectivity index (χ4n) is 2.51. The average Bonchev–Trinajstić information content (AvgIpc) is 2.53. The van der Waals surface area contributed by atoms with Gasteiger partial charge in [-0.3, -0.25) is 14.9 Å². The molecule has 1 aliphatic rings. The molecule has 0 spiro atoms. The van der Waals surface area contributed by atoms with Gasteiger partial charge in [0.1, 0.15) is 5.82 Å². The number of rotatable bonds is 4. The number of nitrogens with one attached hydrogen (secondary N) is 2. The minimum absolute atomic E-state index is 0.00704. The lowest BCUT2D eigenvalue weighted by Gasteiger charge is -2.31. The molecule has 0 unspecified atom stereocenters. The van der Waals surface area contributed by atoms with Crippen LogP contribution in [0.2, 0.25) is 0 Å². The fraction of sp³-hybridized carbons (Fsp3) is 0.538. The van der Waals surface area contributed by atoms with Crippen LogP contribution in [0, 0.1) is 16.0 Å². The first-order valence-corrected chi connectivity index (χ1v) is 6.86. The van der Waals surface area contributed by atoms with E-state index in [2.05, 4.69) is 15.6 Å². The molecule has 1 aliphatic heterocycles. The summed E-state index contributed by atoms with van der Waals surface area (Å²) in [6, 6.07) is 3.04. The number of nitro groups is 1. The number of hydrogen-bond donors (Lipinski definition) is 2. The van der Waals surface area contributed by atoms with E-state index in [9.17, 15) is 14.9 Å². The quantitative estimate of drug-likeness (QED) is 0.634. The third-order valence-electron chi connectivity index (χ3n) is 3.72. The molecule has 0 bridgehead atoms. The van der Waals surface area contributed by atoms with Gasteiger partial charge in [0.05, 0.1) is 4.92 Å². The number of hydrogen-bond acceptors (Lipinski definition) is 6. The second-order valence-electron chi connectivity index (χ2n) is 4.92. The molecule has 0 aliphatic carbocycles. The maximum Gasteiger partial charge on any atom is 0.311 e. The lowest BCUT2D eigenvalue weighted by molar-refractivity contribution is -0.384. The maximum atomic E-state index is 11.6. The summed E-state index contributed by atoms with van der Waals surface area (Å²) in [4.78, 5) is 28.5. The van der Waals surface area contributed by atoms with E-state index in [0.29, 0.717) is 37.6 Å². The first kappa shape index (κ1) is 15.0. The minimum Gasteiger partial charge on any atom is -0.373 e. The van der Waals surface area contributed by atoms with E-state index in [1.54, 1.807) is 20.2 Å². The van der Waals surface area contributed by atoms with Gasteiger partial charge in [-0.25, -0.2) is 4.98 Å². The number of aromatic nitrogens is 1. The van der Waals surface area contributed by atoms with E-state index >= 15 is 0 Å². The van der Waals surface area contributed by atoms with Crippen molar-refractivity contribution in [3.05, 3.63) is 22.2 Å². The van der Waals surface area contributed by atoms with Gasteiger partial charge >= 0.3 is 5.69 Å². The number of carbonyl (C=O) groups is 1. The zero-order valence-corrected chi connectivity index (χ0v) is 12.1. The van der Waals surface area contributed by atoms with Gasteiger partial charge in [0.15, 0.2) is 0 Å². The van der Waals surface area contributed by atoms with Crippen LogP contribution in [0.5, 0.6) is 0 Å². The summed E-state index contributed by atoms with van der Waals surface area (Å²) in [5.41, 5.74) is -0.00704. The molecule has 8 nitrogen and oxygen atoms in total. The summed E-state index contributed by atoms with van der Waals surface area (Å²) < 4.78 is 0. The van der Waals surface area contributed by atoms with Crippen LogP contribution in [0.1, 0.15) is 12.8 Å². The highest BCUT2D eigenvalue weighted by molar-refractivity contribution is 5.78. The molecule has 114 valence electrons. The molecule has 1 amide bonds. The zero-order valence-electron chi connectivity index (χ0n) is 12.1. The molecule has 1 saturated heterocycles. The van der Waals surface area contributed by atoms with Crippen LogP contribution < -0.4 is 15.5 Å². The third-order valence-corrected chi connectivity index (χ3v) is 3.72. The van der Waals surface area contributed by atoms with Crippen LogP contribution in [0.25, 0.3) is 0 Å². The Morgan fingerprint density at radius 2 is 2.05 bits per heavy atom. The van der Waals surface area contributed by atoms with Gasteiger partial charge in [-0.2, -0.15) is 0 Å². The highest BCUT2D eigenvalue weighted by atomic mass is 16.6. The van der Waals surface area contributed by atoms with Gasteiger partial charge in [0.2, 0.25) is 11.7 Å². The minimum atomic E-state index is -0.424. The number of carbonyl (C=O) groups excluding carboxylic acids is 1. The Morgan fingerprint density at radius 3 is 2.57 bits per heavy atom. The SMILES string of the molecule is CNC(=O)C1CCN(c2nc(NC)ccc2[N+](=O)[O-])CC1. The molecule has 2 N–H and O–H groups in total. The molecule has 21 heavy (non-hydrogen) atoms. The van der Waals surface area contributed by atoms with Gasteiger partial charge in [-0.05, 0) is 18.9 Å². The van der Waals surface area contributed by atoms with E-state index < -0.39 is 4.92 Å². The Bertz CT molecular complexity index is 541. The third kappa shape index (κ3) is 3.21. The van der Waals surface area contributed by atoms with E-state index in [-0.39, 0.29) is 17.5 Å². The first-order chi connectivity index (χ1) is 10.1. The summed E-state index contributed by atoms with van der Waals surface area (Å²) in [5, 5.41) is 16.7. The molecule has 0 saturated carbocycles. The number of pyridine rings is 1. The Labute approximate surface area is 122 Å². The Kier molecular flexibility index (Phi) is 4.56. The van der Waals surface area contributed by atoms with Crippen LogP contribution in [0.3, 0.4) is 0 Å². The van der Waals surface area contributed by atoms with Crippen LogP contribution in [-0.2, 0) is 4.79 Å². The van der Waals surface area contributed by atoms with E-state index in [1.165, 1.54) is 6.07 Å². The van der Waals surface area contributed by atoms with Crippen molar-refractivity contribution in [2.75, 3.05) is 37.4 Å². The molecule has 0 aromatic carbocycles. The predicted molar refractivity (Wildman–Crippen MR) is 79.4 cm³/mol. The molecule has 1 fully saturated rings. The van der Waals surface area contributed by atoms with Gasteiger partial charge in [-0.1, -0.05) is 0 Å². The van der Waals surface area contributed by atoms with Gasteiger partial charge < -0.3 is 15.5 Å². The summed E-state index contributed by atoms with van der Waals surface area (Å²) >= 11 is 0. The van der Waals surface area contributed by atoms with Crippen LogP contribution in [0.15, 0.2) is 12.1 Å². The van der Waals surface area contributed by atoms with Crippen LogP contribution >= 0.6 is 0 Å². The van der Waals surface area contributed by atoms with Crippen molar-refractivity contribution >= 4 is 23.2 Å². The Morgan fingerprint density at radius 1 is 1.38 bits per heavy atom. The molecular weight excluding hydrogens is 274 g/mol. The molecule has 2 rings (SSSR count). The van der Waals surface area contributed by atoms with E-state index in [4.69, 9.17) is 0 Å². The molecule has 2 heterocycles. The maximum absolute atomic E-state index is 11.6. The number of anilines is 2. The summed E-state index contributed by atoms with van der Waals surface area (Å²) in [6.45, 7) is 1.16. The lowest BCUT2D eigenvalue weighted by Crippen LogP contribution is -2.40. The molecule has 1 aromatic rings. The van der Waals surface area contributed by atoms with Crippen molar-refractivity contribution in [1.82, 2.24) is 10.3 Å². The van der Waals surface area contributed by atoms with Gasteiger partial charge in [0.25, 0.3) is 0 Å². The second kappa shape index (κ2) is 6.38. The summed E-state index contributed by atoms with van der Waals surface area (Å²) in [5.74, 6) is 0.949. The second-order valence-corrected chi connectivity index (χ2v) is 4.92. The average molecular weight is 293 g/mol. The van der Waals surface area contributed by atoms with Gasteiger partial charge in [0, 0.05) is 39.2 Å². The molecule has 1 aromatic heterocycles. The van der Waals surface area contributed by atoms with Crippen molar-refractivity contribution < 1.29 is 9.72 Å². The van der Waals surface area contributed by atoms with E-state index in [1.807, 2.05) is 4.90 Å². The predicted octanol–water partition coefficient (Wildman–Crippen LogP) is 0.994. The smallest absolute Gasteiger partial charge is 0.311 e. The van der Waals surface area contributed by atoms with Crippen molar-refractivity contribution in [2.24, 2.45) is 5.92 Å². The highest BCUT2D eigenvalue weighted by Crippen LogP contribution is 2.30. The summed E-state index contributed by atoms with van der Waals surface area (Å²) in [7, 11) is 3.34. The van der Waals surface area contributed by atoms with Crippen molar-refractivity contribution in [2.45, 2.75) is 12.8 Å². The first-order valence-electron chi connectivity index (χ1n) is 6.86. The normalized spacial score (nSPS) is 15.6. The summed E-state index contributed by atoms with van der Waals surface area (Å²) in [6.07, 6.45) is 1.34. The highest BCUT2D eigenvalue weighted by Gasteiger charge is 2.28. The Hall–Kier alpha value is -2.38. The largest absolute Gasteiger partial charge is 0.373 e. The van der Waals surface area contributed by atoms with Crippen LogP contribution in [-0.4, -0.2) is 43.0 Å². The van der Waals surface area contributed by atoms with E-state index in [0.717, 1.165) is 0 Å². The molecular formula is C13H19N5O3. The van der Waals surface area contributed by atoms with Gasteiger partial charge in [-0.15, -0.1) is 0 Å². The molecule has 0 atom stereocenters. The Balaban J connectivity index is 2.19.